The van der Waals surface area contributed by atoms with E-state index in [0.717, 1.165) is 86.7 Å². The summed E-state index contributed by atoms with van der Waals surface area (Å²) in [5.74, 6) is -0.520. The van der Waals surface area contributed by atoms with Gasteiger partial charge in [0, 0.05) is 65.6 Å². The first kappa shape index (κ1) is 61.7. The second-order valence-electron chi connectivity index (χ2n) is 19.5. The maximum atomic E-state index is 12.0. The monoisotopic (exact) mass is 1080 g/mol. The predicted molar refractivity (Wildman–Crippen MR) is 291 cm³/mol. The quantitative estimate of drug-likeness (QED) is 0.0891. The summed E-state index contributed by atoms with van der Waals surface area (Å²) in [5.41, 5.74) is 3.87. The van der Waals surface area contributed by atoms with E-state index in [0.29, 0.717) is 65.7 Å². The first-order valence-corrected chi connectivity index (χ1v) is 27.4. The molecule has 4 saturated heterocycles. The molecule has 8 rings (SSSR count). The van der Waals surface area contributed by atoms with E-state index in [1.54, 1.807) is 33.4 Å². The van der Waals surface area contributed by atoms with Crippen molar-refractivity contribution in [2.75, 3.05) is 78.8 Å². The highest BCUT2D eigenvalue weighted by Crippen LogP contribution is 2.22. The van der Waals surface area contributed by atoms with E-state index in [1.165, 1.54) is 0 Å². The summed E-state index contributed by atoms with van der Waals surface area (Å²) in [6.07, 6.45) is 5.67. The topological polar surface area (TPSA) is 211 Å². The van der Waals surface area contributed by atoms with E-state index in [1.807, 2.05) is 121 Å². The summed E-state index contributed by atoms with van der Waals surface area (Å²) in [5, 5.41) is 18.2. The number of piperidine rings is 4. The van der Waals surface area contributed by atoms with Gasteiger partial charge in [-0.05, 0) is 99.3 Å². The molecule has 78 heavy (non-hydrogen) atoms. The summed E-state index contributed by atoms with van der Waals surface area (Å²) in [6.45, 7) is 10.4. The molecule has 4 aliphatic rings. The van der Waals surface area contributed by atoms with E-state index in [9.17, 15) is 28.8 Å². The molecule has 4 aliphatic heterocycles. The molecule has 0 aromatic heterocycles. The molecule has 4 aromatic rings. The first-order valence-electron chi connectivity index (χ1n) is 27.4. The van der Waals surface area contributed by atoms with E-state index in [-0.39, 0.29) is 86.4 Å². The zero-order valence-corrected chi connectivity index (χ0v) is 45.4. The Hall–Kier alpha value is -7.18. The Bertz CT molecular complexity index is 2200. The number of rotatable bonds is 14. The second kappa shape index (κ2) is 35.3. The number of amides is 4. The van der Waals surface area contributed by atoms with Crippen molar-refractivity contribution in [3.05, 3.63) is 144 Å². The van der Waals surface area contributed by atoms with Gasteiger partial charge in [0.05, 0.1) is 25.0 Å². The van der Waals surface area contributed by atoms with Crippen LogP contribution in [0.4, 0.5) is 19.2 Å². The van der Waals surface area contributed by atoms with E-state index < -0.39 is 0 Å². The van der Waals surface area contributed by atoms with Crippen LogP contribution in [0.25, 0.3) is 0 Å². The molecule has 18 nitrogen and oxygen atoms in total. The van der Waals surface area contributed by atoms with Gasteiger partial charge >= 0.3 is 36.3 Å². The van der Waals surface area contributed by atoms with Crippen molar-refractivity contribution >= 4 is 36.3 Å². The molecular weight excluding hydrogens is 1000 g/mol. The van der Waals surface area contributed by atoms with Gasteiger partial charge < -0.3 is 58.2 Å². The van der Waals surface area contributed by atoms with Gasteiger partial charge in [-0.15, -0.1) is 0 Å². The SMILES string of the molecule is CCOC(=O)[C@@H]1CCCN(C(=O)OCc2ccccc2)C1.CCOC(=O)[C@H]1CCCN(C(=O)OCc2ccccc2)C1.O=C(OCc1ccccc1)N1CCC[C@@H](CO)C1.O=C(OCc1ccccc1)N1CCC[C@H](CO)C1. The van der Waals surface area contributed by atoms with Crippen molar-refractivity contribution in [1.82, 2.24) is 19.6 Å². The summed E-state index contributed by atoms with van der Waals surface area (Å²) >= 11 is 0. The normalized spacial score (nSPS) is 18.8. The van der Waals surface area contributed by atoms with Crippen LogP contribution in [-0.2, 0) is 64.4 Å². The Morgan fingerprint density at radius 1 is 0.385 bits per heavy atom. The summed E-state index contributed by atoms with van der Waals surface area (Å²) in [7, 11) is 0. The summed E-state index contributed by atoms with van der Waals surface area (Å²) < 4.78 is 31.2. The third-order valence-corrected chi connectivity index (χ3v) is 13.5. The van der Waals surface area contributed by atoms with Crippen LogP contribution in [0.2, 0.25) is 0 Å². The molecule has 0 unspecified atom stereocenters. The van der Waals surface area contributed by atoms with Gasteiger partial charge in [-0.3, -0.25) is 9.59 Å². The van der Waals surface area contributed by atoms with E-state index in [4.69, 9.17) is 38.6 Å². The van der Waals surface area contributed by atoms with Gasteiger partial charge in [-0.2, -0.15) is 0 Å². The second-order valence-corrected chi connectivity index (χ2v) is 19.5. The van der Waals surface area contributed by atoms with E-state index in [2.05, 4.69) is 0 Å². The van der Waals surface area contributed by atoms with Crippen molar-refractivity contribution in [3.8, 4) is 0 Å². The zero-order chi connectivity index (χ0) is 55.7. The van der Waals surface area contributed by atoms with Crippen LogP contribution >= 0.6 is 0 Å². The van der Waals surface area contributed by atoms with Gasteiger partial charge in [-0.1, -0.05) is 121 Å². The fraction of sp³-hybridized carbons (Fsp3) is 0.500. The first-order chi connectivity index (χ1) is 38.0. The van der Waals surface area contributed by atoms with Gasteiger partial charge in [0.25, 0.3) is 0 Å². The molecule has 0 radical (unpaired) electrons. The van der Waals surface area contributed by atoms with Crippen molar-refractivity contribution < 1.29 is 67.4 Å². The predicted octanol–water partition coefficient (Wildman–Crippen LogP) is 9.25. The molecule has 4 atom stereocenters. The molecule has 4 heterocycles. The Labute approximate surface area is 459 Å². The lowest BCUT2D eigenvalue weighted by atomic mass is 9.99. The molecule has 0 bridgehead atoms. The molecule has 18 heteroatoms. The molecule has 0 saturated carbocycles. The lowest BCUT2D eigenvalue weighted by molar-refractivity contribution is -0.150. The molecule has 0 aliphatic carbocycles. The smallest absolute Gasteiger partial charge is 0.410 e. The number of aliphatic hydroxyl groups is 2. The van der Waals surface area contributed by atoms with Crippen LogP contribution in [0.15, 0.2) is 121 Å². The molecule has 0 spiro atoms. The molecule has 4 amide bonds. The number of nitrogens with zero attached hydrogens (tertiary/aromatic N) is 4. The van der Waals surface area contributed by atoms with Crippen LogP contribution in [-0.4, -0.2) is 145 Å². The number of hydrogen-bond donors (Lipinski definition) is 2. The molecular formula is C60H80N4O14. The highest BCUT2D eigenvalue weighted by atomic mass is 16.6. The minimum Gasteiger partial charge on any atom is -0.466 e. The fourth-order valence-corrected chi connectivity index (χ4v) is 9.19. The number of esters is 2. The third kappa shape index (κ3) is 22.4. The average Bonchev–Trinajstić information content (AvgIpc) is 3.50. The van der Waals surface area contributed by atoms with Gasteiger partial charge in [0.2, 0.25) is 0 Å². The van der Waals surface area contributed by atoms with Crippen LogP contribution in [0.1, 0.15) is 87.5 Å². The van der Waals surface area contributed by atoms with Crippen LogP contribution in [0, 0.1) is 23.7 Å². The number of carbonyl (C=O) groups is 6. The average molecular weight is 1080 g/mol. The number of hydrogen-bond acceptors (Lipinski definition) is 14. The number of carbonyl (C=O) groups excluding carboxylic acids is 6. The van der Waals surface area contributed by atoms with Crippen molar-refractivity contribution in [1.29, 1.82) is 0 Å². The van der Waals surface area contributed by atoms with Gasteiger partial charge in [0.1, 0.15) is 26.4 Å². The molecule has 2 N–H and O–H groups in total. The maximum absolute atomic E-state index is 12.0. The number of likely N-dealkylation sites (tertiary alicyclic amines) is 4. The molecule has 4 aromatic carbocycles. The van der Waals surface area contributed by atoms with Gasteiger partial charge in [0.15, 0.2) is 0 Å². The zero-order valence-electron chi connectivity index (χ0n) is 45.4. The Kier molecular flexibility index (Phi) is 27.9. The minimum atomic E-state index is -0.368. The van der Waals surface area contributed by atoms with Crippen molar-refractivity contribution in [2.45, 2.75) is 91.6 Å². The number of benzene rings is 4. The fourth-order valence-electron chi connectivity index (χ4n) is 9.19. The molecule has 424 valence electrons. The highest BCUT2D eigenvalue weighted by Gasteiger charge is 2.32. The van der Waals surface area contributed by atoms with Crippen LogP contribution in [0.5, 0.6) is 0 Å². The maximum Gasteiger partial charge on any atom is 0.410 e. The Morgan fingerprint density at radius 2 is 0.641 bits per heavy atom. The summed E-state index contributed by atoms with van der Waals surface area (Å²) in [6, 6.07) is 38.4. The molecule has 4 fully saturated rings. The minimum absolute atomic E-state index is 0.141. The van der Waals surface area contributed by atoms with Crippen LogP contribution in [0.3, 0.4) is 0 Å². The van der Waals surface area contributed by atoms with Gasteiger partial charge in [-0.25, -0.2) is 19.2 Å². The van der Waals surface area contributed by atoms with Crippen LogP contribution < -0.4 is 0 Å². The lowest BCUT2D eigenvalue weighted by Gasteiger charge is -2.31. The van der Waals surface area contributed by atoms with Crippen molar-refractivity contribution in [2.24, 2.45) is 23.7 Å². The highest BCUT2D eigenvalue weighted by molar-refractivity contribution is 5.75. The standard InChI is InChI=1S/2C16H21NO4.2C14H19NO3/c2*1-2-20-15(18)14-9-6-10-17(11-14)16(19)21-12-13-7-4-3-5-8-13;2*16-10-13-7-4-8-15(9-13)14(17)18-11-12-5-2-1-3-6-12/h2*3-5,7-8,14H,2,6,9-12H2,1H3;2*1-3,5-6,13,16H,4,7-11H2/t2*14-;2*13-/m1010/s1. The largest absolute Gasteiger partial charge is 0.466 e. The lowest BCUT2D eigenvalue weighted by Crippen LogP contribution is -2.43. The summed E-state index contributed by atoms with van der Waals surface area (Å²) in [4.78, 5) is 77.9. The van der Waals surface area contributed by atoms with E-state index >= 15 is 0 Å². The number of ether oxygens (including phenoxy) is 6. The Balaban J connectivity index is 0.000000192. The third-order valence-electron chi connectivity index (χ3n) is 13.5. The van der Waals surface area contributed by atoms with Crippen molar-refractivity contribution in [3.63, 3.8) is 0 Å². The Morgan fingerprint density at radius 3 is 0.897 bits per heavy atom. The number of aliphatic hydroxyl groups excluding tert-OH is 2.